The van der Waals surface area contributed by atoms with E-state index in [0.717, 1.165) is 0 Å². The van der Waals surface area contributed by atoms with E-state index in [4.69, 9.17) is 27.9 Å². The van der Waals surface area contributed by atoms with Crippen LogP contribution in [0, 0.1) is 0 Å². The van der Waals surface area contributed by atoms with E-state index in [2.05, 4.69) is 5.32 Å². The standard InChI is InChI=1S/C16H13Cl2NO4/c1-9(15(21)19-12-4-2-3-10(17)7-12)23-16(22)13-8-11(18)5-6-14(13)20/h2-9,20H,1H3,(H,19,21)/t9-/m1/s1. The van der Waals surface area contributed by atoms with E-state index in [1.54, 1.807) is 24.3 Å². The van der Waals surface area contributed by atoms with Gasteiger partial charge in [0.15, 0.2) is 6.10 Å². The zero-order chi connectivity index (χ0) is 17.0. The van der Waals surface area contributed by atoms with Gasteiger partial charge in [0.05, 0.1) is 0 Å². The number of phenolic OH excluding ortho intramolecular Hbond substituents is 1. The third kappa shape index (κ3) is 4.61. The second-order valence-corrected chi connectivity index (χ2v) is 5.58. The largest absolute Gasteiger partial charge is 0.507 e. The molecule has 0 heterocycles. The molecule has 0 aliphatic rings. The van der Waals surface area contributed by atoms with Crippen LogP contribution in [0.25, 0.3) is 0 Å². The molecule has 0 spiro atoms. The fraction of sp³-hybridized carbons (Fsp3) is 0.125. The summed E-state index contributed by atoms with van der Waals surface area (Å²) < 4.78 is 5.03. The van der Waals surface area contributed by atoms with Crippen molar-refractivity contribution in [2.75, 3.05) is 5.32 Å². The quantitative estimate of drug-likeness (QED) is 0.817. The van der Waals surface area contributed by atoms with Crippen molar-refractivity contribution in [3.8, 4) is 5.75 Å². The van der Waals surface area contributed by atoms with Gasteiger partial charge in [-0.25, -0.2) is 4.79 Å². The number of ether oxygens (including phenoxy) is 1. The minimum Gasteiger partial charge on any atom is -0.507 e. The van der Waals surface area contributed by atoms with Crippen molar-refractivity contribution in [2.45, 2.75) is 13.0 Å². The SMILES string of the molecule is C[C@@H](OC(=O)c1cc(Cl)ccc1O)C(=O)Nc1cccc(Cl)c1. The smallest absolute Gasteiger partial charge is 0.342 e. The van der Waals surface area contributed by atoms with Crippen LogP contribution in [0.4, 0.5) is 5.69 Å². The fourth-order valence-electron chi connectivity index (χ4n) is 1.76. The highest BCUT2D eigenvalue weighted by Gasteiger charge is 2.21. The molecule has 0 saturated heterocycles. The van der Waals surface area contributed by atoms with Crippen LogP contribution in [0.1, 0.15) is 17.3 Å². The number of carbonyl (C=O) groups is 2. The first-order chi connectivity index (χ1) is 10.9. The summed E-state index contributed by atoms with van der Waals surface area (Å²) in [6.07, 6.45) is -1.07. The Kier molecular flexibility index (Phi) is 5.47. The van der Waals surface area contributed by atoms with Gasteiger partial charge in [-0.15, -0.1) is 0 Å². The van der Waals surface area contributed by atoms with Gasteiger partial charge in [0.1, 0.15) is 11.3 Å². The van der Waals surface area contributed by atoms with E-state index in [1.165, 1.54) is 25.1 Å². The van der Waals surface area contributed by atoms with Crippen LogP contribution in [0.15, 0.2) is 42.5 Å². The number of benzene rings is 2. The molecule has 0 aliphatic heterocycles. The molecule has 0 unspecified atom stereocenters. The number of carbonyl (C=O) groups excluding carboxylic acids is 2. The number of halogens is 2. The van der Waals surface area contributed by atoms with Gasteiger partial charge >= 0.3 is 5.97 Å². The monoisotopic (exact) mass is 353 g/mol. The van der Waals surface area contributed by atoms with E-state index in [1.807, 2.05) is 0 Å². The van der Waals surface area contributed by atoms with E-state index < -0.39 is 18.0 Å². The molecule has 1 atom stereocenters. The first-order valence-corrected chi connectivity index (χ1v) is 7.38. The molecule has 120 valence electrons. The number of hydrogen-bond acceptors (Lipinski definition) is 4. The molecular formula is C16H13Cl2NO4. The highest BCUT2D eigenvalue weighted by atomic mass is 35.5. The Morgan fingerprint density at radius 1 is 1.13 bits per heavy atom. The summed E-state index contributed by atoms with van der Waals surface area (Å²) in [4.78, 5) is 24.0. The van der Waals surface area contributed by atoms with Gasteiger partial charge in [0.2, 0.25) is 0 Å². The lowest BCUT2D eigenvalue weighted by Crippen LogP contribution is -2.30. The topological polar surface area (TPSA) is 75.6 Å². The maximum Gasteiger partial charge on any atom is 0.342 e. The summed E-state index contributed by atoms with van der Waals surface area (Å²) in [7, 11) is 0. The molecule has 2 N–H and O–H groups in total. The number of phenols is 1. The Hall–Kier alpha value is -2.24. The third-order valence-corrected chi connectivity index (χ3v) is 3.39. The Balaban J connectivity index is 2.03. The van der Waals surface area contributed by atoms with Crippen molar-refractivity contribution in [2.24, 2.45) is 0 Å². The summed E-state index contributed by atoms with van der Waals surface area (Å²) in [5, 5.41) is 13.0. The summed E-state index contributed by atoms with van der Waals surface area (Å²) in [6, 6.07) is 10.5. The molecule has 2 aromatic carbocycles. The predicted molar refractivity (Wildman–Crippen MR) is 88.1 cm³/mol. The molecule has 0 radical (unpaired) electrons. The average Bonchev–Trinajstić information content (AvgIpc) is 2.49. The van der Waals surface area contributed by atoms with Crippen molar-refractivity contribution >= 4 is 40.8 Å². The Morgan fingerprint density at radius 2 is 1.83 bits per heavy atom. The number of hydrogen-bond donors (Lipinski definition) is 2. The average molecular weight is 354 g/mol. The number of amides is 1. The van der Waals surface area contributed by atoms with Crippen LogP contribution in [0.5, 0.6) is 5.75 Å². The van der Waals surface area contributed by atoms with E-state index in [0.29, 0.717) is 10.7 Å². The van der Waals surface area contributed by atoms with Gasteiger partial charge in [-0.2, -0.15) is 0 Å². The van der Waals surface area contributed by atoms with Crippen LogP contribution in [0.2, 0.25) is 10.0 Å². The van der Waals surface area contributed by atoms with Gasteiger partial charge < -0.3 is 15.2 Å². The number of anilines is 1. The van der Waals surface area contributed by atoms with Crippen LogP contribution in [-0.2, 0) is 9.53 Å². The van der Waals surface area contributed by atoms with E-state index in [9.17, 15) is 14.7 Å². The molecule has 0 bridgehead atoms. The summed E-state index contributed by atoms with van der Waals surface area (Å²) >= 11 is 11.6. The lowest BCUT2D eigenvalue weighted by molar-refractivity contribution is -0.123. The second kappa shape index (κ2) is 7.35. The van der Waals surface area contributed by atoms with Crippen LogP contribution >= 0.6 is 23.2 Å². The highest BCUT2D eigenvalue weighted by molar-refractivity contribution is 6.31. The van der Waals surface area contributed by atoms with Crippen molar-refractivity contribution in [3.63, 3.8) is 0 Å². The minimum atomic E-state index is -1.07. The van der Waals surface area contributed by atoms with Crippen LogP contribution < -0.4 is 5.32 Å². The second-order valence-electron chi connectivity index (χ2n) is 4.71. The van der Waals surface area contributed by atoms with Crippen molar-refractivity contribution < 1.29 is 19.4 Å². The van der Waals surface area contributed by atoms with Gasteiger partial charge in [-0.05, 0) is 43.3 Å². The zero-order valence-corrected chi connectivity index (χ0v) is 13.6. The normalized spacial score (nSPS) is 11.6. The Bertz CT molecular complexity index is 749. The maximum atomic E-state index is 12.0. The number of aromatic hydroxyl groups is 1. The molecule has 0 aliphatic carbocycles. The van der Waals surface area contributed by atoms with Gasteiger partial charge in [0.25, 0.3) is 5.91 Å². The molecule has 2 aromatic rings. The molecule has 0 saturated carbocycles. The fourth-order valence-corrected chi connectivity index (χ4v) is 2.12. The van der Waals surface area contributed by atoms with Crippen molar-refractivity contribution in [1.29, 1.82) is 0 Å². The zero-order valence-electron chi connectivity index (χ0n) is 12.0. The van der Waals surface area contributed by atoms with Crippen molar-refractivity contribution in [1.82, 2.24) is 0 Å². The molecule has 5 nitrogen and oxygen atoms in total. The Labute approximate surface area is 142 Å². The molecule has 0 fully saturated rings. The summed E-state index contributed by atoms with van der Waals surface area (Å²) in [5.74, 6) is -1.65. The summed E-state index contributed by atoms with van der Waals surface area (Å²) in [5.41, 5.74) is 0.371. The number of esters is 1. The van der Waals surface area contributed by atoms with Crippen LogP contribution in [0.3, 0.4) is 0 Å². The van der Waals surface area contributed by atoms with Gasteiger partial charge in [0, 0.05) is 15.7 Å². The predicted octanol–water partition coefficient (Wildman–Crippen LogP) is 3.88. The third-order valence-electron chi connectivity index (χ3n) is 2.92. The van der Waals surface area contributed by atoms with Crippen molar-refractivity contribution in [3.05, 3.63) is 58.1 Å². The van der Waals surface area contributed by atoms with Crippen LogP contribution in [-0.4, -0.2) is 23.1 Å². The van der Waals surface area contributed by atoms with E-state index >= 15 is 0 Å². The molecule has 0 aromatic heterocycles. The molecule has 7 heteroatoms. The Morgan fingerprint density at radius 3 is 2.52 bits per heavy atom. The first kappa shape index (κ1) is 17.1. The first-order valence-electron chi connectivity index (χ1n) is 6.63. The molecular weight excluding hydrogens is 341 g/mol. The maximum absolute atomic E-state index is 12.0. The summed E-state index contributed by atoms with van der Waals surface area (Å²) in [6.45, 7) is 1.42. The van der Waals surface area contributed by atoms with E-state index in [-0.39, 0.29) is 16.3 Å². The highest BCUT2D eigenvalue weighted by Crippen LogP contribution is 2.23. The number of nitrogens with one attached hydrogen (secondary N) is 1. The molecule has 2 rings (SSSR count). The molecule has 23 heavy (non-hydrogen) atoms. The molecule has 1 amide bonds. The lowest BCUT2D eigenvalue weighted by atomic mass is 10.2. The lowest BCUT2D eigenvalue weighted by Gasteiger charge is -2.14. The minimum absolute atomic E-state index is 0.111. The van der Waals surface area contributed by atoms with Gasteiger partial charge in [-0.1, -0.05) is 29.3 Å². The number of rotatable bonds is 4. The van der Waals surface area contributed by atoms with Gasteiger partial charge in [-0.3, -0.25) is 4.79 Å².